The molecule has 1 aromatic carbocycles. The van der Waals surface area contributed by atoms with Crippen LogP contribution in [0.15, 0.2) is 35.7 Å². The number of anilines is 1. The van der Waals surface area contributed by atoms with Crippen LogP contribution in [0.4, 0.5) is 5.69 Å². The zero-order valence-corrected chi connectivity index (χ0v) is 14.4. The first kappa shape index (κ1) is 16.3. The summed E-state index contributed by atoms with van der Waals surface area (Å²) in [7, 11) is 2.10. The molecule has 0 aliphatic carbocycles. The van der Waals surface area contributed by atoms with Gasteiger partial charge in [0.25, 0.3) is 0 Å². The predicted octanol–water partition coefficient (Wildman–Crippen LogP) is 4.88. The van der Waals surface area contributed by atoms with Crippen molar-refractivity contribution in [1.82, 2.24) is 0 Å². The lowest BCUT2D eigenvalue weighted by Gasteiger charge is -2.30. The van der Waals surface area contributed by atoms with Gasteiger partial charge in [-0.1, -0.05) is 36.7 Å². The fourth-order valence-corrected chi connectivity index (χ4v) is 3.61. The predicted molar refractivity (Wildman–Crippen MR) is 94.6 cm³/mol. The molecule has 0 saturated carbocycles. The van der Waals surface area contributed by atoms with E-state index < -0.39 is 0 Å². The number of hydrogen-bond acceptors (Lipinski definition) is 3. The maximum atomic E-state index is 6.48. The monoisotopic (exact) mass is 322 g/mol. The molecule has 2 nitrogen and oxygen atoms in total. The number of hydrogen-bond donors (Lipinski definition) is 1. The van der Waals surface area contributed by atoms with Crippen LogP contribution in [0.5, 0.6) is 0 Å². The number of benzene rings is 1. The van der Waals surface area contributed by atoms with Crippen molar-refractivity contribution in [1.29, 1.82) is 0 Å². The van der Waals surface area contributed by atoms with Crippen LogP contribution in [-0.2, 0) is 6.42 Å². The van der Waals surface area contributed by atoms with Gasteiger partial charge in [-0.3, -0.25) is 0 Å². The summed E-state index contributed by atoms with van der Waals surface area (Å²) >= 11 is 8.25. The van der Waals surface area contributed by atoms with Gasteiger partial charge in [0.1, 0.15) is 0 Å². The van der Waals surface area contributed by atoms with E-state index in [0.29, 0.717) is 6.04 Å². The molecule has 21 heavy (non-hydrogen) atoms. The number of para-hydroxylation sites is 1. The third-order valence-electron chi connectivity index (χ3n) is 3.97. The molecule has 2 unspecified atom stereocenters. The number of nitrogens with zero attached hydrogens (tertiary/aromatic N) is 1. The zero-order chi connectivity index (χ0) is 15.4. The highest BCUT2D eigenvalue weighted by molar-refractivity contribution is 7.10. The van der Waals surface area contributed by atoms with E-state index in [4.69, 9.17) is 17.3 Å². The number of thiophene rings is 1. The smallest absolute Gasteiger partial charge is 0.0642 e. The first-order valence-corrected chi connectivity index (χ1v) is 8.59. The number of rotatable bonds is 6. The summed E-state index contributed by atoms with van der Waals surface area (Å²) in [6, 6.07) is 10.8. The van der Waals surface area contributed by atoms with Crippen molar-refractivity contribution >= 4 is 28.6 Å². The normalized spacial score (nSPS) is 14.0. The third-order valence-corrected chi connectivity index (χ3v) is 5.31. The molecule has 2 N–H and O–H groups in total. The van der Waals surface area contributed by atoms with Crippen molar-refractivity contribution in [3.05, 3.63) is 51.2 Å². The fraction of sp³-hybridized carbons (Fsp3) is 0.412. The molecule has 0 fully saturated rings. The highest BCUT2D eigenvalue weighted by Gasteiger charge is 2.19. The Morgan fingerprint density at radius 3 is 2.67 bits per heavy atom. The fourth-order valence-electron chi connectivity index (χ4n) is 2.46. The van der Waals surface area contributed by atoms with Gasteiger partial charge in [-0.25, -0.2) is 0 Å². The van der Waals surface area contributed by atoms with Gasteiger partial charge in [-0.2, -0.15) is 0 Å². The quantitative estimate of drug-likeness (QED) is 0.821. The lowest BCUT2D eigenvalue weighted by atomic mass is 10.0. The second kappa shape index (κ2) is 7.30. The number of halogens is 1. The van der Waals surface area contributed by atoms with Crippen LogP contribution >= 0.6 is 22.9 Å². The highest BCUT2D eigenvalue weighted by atomic mass is 35.5. The summed E-state index contributed by atoms with van der Waals surface area (Å²) in [5.41, 5.74) is 8.46. The van der Waals surface area contributed by atoms with E-state index in [2.05, 4.69) is 49.4 Å². The summed E-state index contributed by atoms with van der Waals surface area (Å²) < 4.78 is 0. The van der Waals surface area contributed by atoms with Crippen LogP contribution in [0.25, 0.3) is 0 Å². The molecule has 0 bridgehead atoms. The minimum atomic E-state index is 0.174. The highest BCUT2D eigenvalue weighted by Crippen LogP contribution is 2.36. The molecule has 0 spiro atoms. The lowest BCUT2D eigenvalue weighted by molar-refractivity contribution is 0.642. The van der Waals surface area contributed by atoms with Crippen molar-refractivity contribution < 1.29 is 0 Å². The van der Waals surface area contributed by atoms with Gasteiger partial charge >= 0.3 is 0 Å². The molecule has 0 radical (unpaired) electrons. The molecule has 2 aromatic rings. The Morgan fingerprint density at radius 1 is 1.29 bits per heavy atom. The second-order valence-corrected chi connectivity index (χ2v) is 6.81. The summed E-state index contributed by atoms with van der Waals surface area (Å²) in [4.78, 5) is 3.59. The van der Waals surface area contributed by atoms with E-state index in [1.165, 1.54) is 10.4 Å². The average Bonchev–Trinajstić information content (AvgIpc) is 3.00. The molecule has 0 aliphatic heterocycles. The Bertz CT molecular complexity index is 568. The molecule has 0 aliphatic rings. The Balaban J connectivity index is 2.33. The molecule has 1 heterocycles. The van der Waals surface area contributed by atoms with Crippen molar-refractivity contribution in [2.75, 3.05) is 11.9 Å². The van der Waals surface area contributed by atoms with Gasteiger partial charge in [0.2, 0.25) is 0 Å². The standard InChI is InChI=1S/C17H23ClN2S/c1-4-14(19)11-13-7-5-8-15(18)17(13)20(3)12(2)16-9-6-10-21-16/h5-10,12,14H,4,11,19H2,1-3H3. The summed E-state index contributed by atoms with van der Waals surface area (Å²) in [5, 5.41) is 2.90. The van der Waals surface area contributed by atoms with Crippen LogP contribution in [0.3, 0.4) is 0 Å². The van der Waals surface area contributed by atoms with Gasteiger partial charge < -0.3 is 10.6 Å². The lowest BCUT2D eigenvalue weighted by Crippen LogP contribution is -2.26. The molecular weight excluding hydrogens is 300 g/mol. The summed E-state index contributed by atoms with van der Waals surface area (Å²) in [6.45, 7) is 4.32. The third kappa shape index (κ3) is 3.79. The van der Waals surface area contributed by atoms with Gasteiger partial charge in [0, 0.05) is 18.0 Å². The zero-order valence-electron chi connectivity index (χ0n) is 12.8. The summed E-state index contributed by atoms with van der Waals surface area (Å²) in [5.74, 6) is 0. The van der Waals surface area contributed by atoms with E-state index in [1.54, 1.807) is 11.3 Å². The van der Waals surface area contributed by atoms with Gasteiger partial charge in [0.05, 0.1) is 16.8 Å². The molecular formula is C17H23ClN2S. The van der Waals surface area contributed by atoms with E-state index in [9.17, 15) is 0 Å². The minimum absolute atomic E-state index is 0.174. The Hall–Kier alpha value is -1.03. The number of nitrogens with two attached hydrogens (primary N) is 1. The second-order valence-electron chi connectivity index (χ2n) is 5.42. The molecule has 0 amide bonds. The minimum Gasteiger partial charge on any atom is -0.366 e. The van der Waals surface area contributed by atoms with Crippen molar-refractivity contribution in [3.8, 4) is 0 Å². The van der Waals surface area contributed by atoms with Gasteiger partial charge in [0.15, 0.2) is 0 Å². The van der Waals surface area contributed by atoms with Crippen LogP contribution in [0.2, 0.25) is 5.02 Å². The van der Waals surface area contributed by atoms with E-state index >= 15 is 0 Å². The van der Waals surface area contributed by atoms with E-state index in [1.807, 2.05) is 12.1 Å². The van der Waals surface area contributed by atoms with Crippen LogP contribution in [-0.4, -0.2) is 13.1 Å². The topological polar surface area (TPSA) is 29.3 Å². The molecule has 2 atom stereocenters. The maximum absolute atomic E-state index is 6.48. The molecule has 2 rings (SSSR count). The Labute approximate surface area is 136 Å². The first-order valence-electron chi connectivity index (χ1n) is 7.33. The Morgan fingerprint density at radius 2 is 2.05 bits per heavy atom. The molecule has 4 heteroatoms. The molecule has 1 aromatic heterocycles. The van der Waals surface area contributed by atoms with Crippen molar-refractivity contribution in [2.24, 2.45) is 5.73 Å². The average molecular weight is 323 g/mol. The van der Waals surface area contributed by atoms with Crippen molar-refractivity contribution in [2.45, 2.75) is 38.8 Å². The van der Waals surface area contributed by atoms with Crippen molar-refractivity contribution in [3.63, 3.8) is 0 Å². The maximum Gasteiger partial charge on any atom is 0.0642 e. The van der Waals surface area contributed by atoms with Gasteiger partial charge in [-0.05, 0) is 42.8 Å². The Kier molecular flexibility index (Phi) is 5.68. The van der Waals surface area contributed by atoms with Gasteiger partial charge in [-0.15, -0.1) is 11.3 Å². The van der Waals surface area contributed by atoms with Crippen LogP contribution in [0.1, 0.15) is 36.8 Å². The molecule has 0 saturated heterocycles. The van der Waals surface area contributed by atoms with E-state index in [0.717, 1.165) is 23.6 Å². The van der Waals surface area contributed by atoms with Crippen LogP contribution < -0.4 is 10.6 Å². The largest absolute Gasteiger partial charge is 0.366 e. The SMILES string of the molecule is CCC(N)Cc1cccc(Cl)c1N(C)C(C)c1cccs1. The molecule has 114 valence electrons. The first-order chi connectivity index (χ1) is 10.0. The van der Waals surface area contributed by atoms with E-state index in [-0.39, 0.29) is 6.04 Å². The summed E-state index contributed by atoms with van der Waals surface area (Å²) in [6.07, 6.45) is 1.82. The van der Waals surface area contributed by atoms with Crippen LogP contribution in [0, 0.1) is 0 Å².